The molecular formula is C17H14ClNO5S. The number of benzene rings is 2. The van der Waals surface area contributed by atoms with E-state index in [4.69, 9.17) is 25.3 Å². The normalized spacial score (nSPS) is 11.3. The number of halogens is 1. The predicted molar refractivity (Wildman–Crippen MR) is 94.1 cm³/mol. The minimum atomic E-state index is -4.18. The SMILES string of the molecule is COc1ccc(OC)c(S(=O)(=O)Oc2ccc(Cl)c3cccnc23)c1. The van der Waals surface area contributed by atoms with Gasteiger partial charge < -0.3 is 13.7 Å². The maximum atomic E-state index is 12.8. The van der Waals surface area contributed by atoms with Crippen molar-refractivity contribution < 1.29 is 22.1 Å². The van der Waals surface area contributed by atoms with Gasteiger partial charge in [0.25, 0.3) is 0 Å². The van der Waals surface area contributed by atoms with Crippen molar-refractivity contribution in [2.75, 3.05) is 14.2 Å². The third-order valence-corrected chi connectivity index (χ3v) is 5.11. The van der Waals surface area contributed by atoms with Crippen LogP contribution < -0.4 is 13.7 Å². The third kappa shape index (κ3) is 3.33. The van der Waals surface area contributed by atoms with Crippen LogP contribution in [0.5, 0.6) is 17.2 Å². The first kappa shape index (κ1) is 17.3. The molecule has 25 heavy (non-hydrogen) atoms. The largest absolute Gasteiger partial charge is 0.497 e. The molecule has 6 nitrogen and oxygen atoms in total. The number of nitrogens with zero attached hydrogens (tertiary/aromatic N) is 1. The summed E-state index contributed by atoms with van der Waals surface area (Å²) in [5, 5.41) is 1.04. The number of ether oxygens (including phenoxy) is 2. The van der Waals surface area contributed by atoms with Crippen LogP contribution in [0.25, 0.3) is 10.9 Å². The molecule has 0 spiro atoms. The van der Waals surface area contributed by atoms with Gasteiger partial charge in [-0.25, -0.2) is 0 Å². The van der Waals surface area contributed by atoms with Crippen molar-refractivity contribution in [3.63, 3.8) is 0 Å². The molecule has 8 heteroatoms. The summed E-state index contributed by atoms with van der Waals surface area (Å²) in [5.74, 6) is 0.582. The van der Waals surface area contributed by atoms with E-state index in [2.05, 4.69) is 4.98 Å². The number of pyridine rings is 1. The summed E-state index contributed by atoms with van der Waals surface area (Å²) < 4.78 is 41.0. The Morgan fingerprint density at radius 1 is 1.00 bits per heavy atom. The van der Waals surface area contributed by atoms with Crippen molar-refractivity contribution in [1.82, 2.24) is 4.98 Å². The van der Waals surface area contributed by atoms with Crippen LogP contribution in [-0.2, 0) is 10.1 Å². The van der Waals surface area contributed by atoms with Crippen LogP contribution in [0.3, 0.4) is 0 Å². The Morgan fingerprint density at radius 2 is 1.76 bits per heavy atom. The fraction of sp³-hybridized carbons (Fsp3) is 0.118. The summed E-state index contributed by atoms with van der Waals surface area (Å²) in [6, 6.07) is 10.9. The minimum absolute atomic E-state index is 0.0740. The van der Waals surface area contributed by atoms with Crippen LogP contribution in [0.2, 0.25) is 5.02 Å². The van der Waals surface area contributed by atoms with Gasteiger partial charge in [0, 0.05) is 17.6 Å². The van der Waals surface area contributed by atoms with Gasteiger partial charge in [0.15, 0.2) is 10.6 Å². The molecule has 0 aliphatic rings. The first-order valence-electron chi connectivity index (χ1n) is 7.16. The number of fused-ring (bicyclic) bond motifs is 1. The van der Waals surface area contributed by atoms with Crippen molar-refractivity contribution in [3.8, 4) is 17.2 Å². The number of methoxy groups -OCH3 is 2. The van der Waals surface area contributed by atoms with Crippen LogP contribution in [-0.4, -0.2) is 27.6 Å². The van der Waals surface area contributed by atoms with Gasteiger partial charge in [0.1, 0.15) is 17.0 Å². The van der Waals surface area contributed by atoms with Gasteiger partial charge in [-0.15, -0.1) is 0 Å². The molecular weight excluding hydrogens is 366 g/mol. The summed E-state index contributed by atoms with van der Waals surface area (Å²) in [4.78, 5) is 4.02. The zero-order valence-corrected chi connectivity index (χ0v) is 15.0. The fourth-order valence-corrected chi connectivity index (χ4v) is 3.66. The van der Waals surface area contributed by atoms with Gasteiger partial charge in [-0.05, 0) is 36.4 Å². The lowest BCUT2D eigenvalue weighted by molar-refractivity contribution is 0.388. The zero-order valence-electron chi connectivity index (χ0n) is 13.4. The lowest BCUT2D eigenvalue weighted by Crippen LogP contribution is -2.12. The highest BCUT2D eigenvalue weighted by atomic mass is 35.5. The van der Waals surface area contributed by atoms with Gasteiger partial charge in [0.2, 0.25) is 0 Å². The highest BCUT2D eigenvalue weighted by molar-refractivity contribution is 7.87. The van der Waals surface area contributed by atoms with E-state index in [1.807, 2.05) is 0 Å². The summed E-state index contributed by atoms with van der Waals surface area (Å²) in [7, 11) is -1.37. The zero-order chi connectivity index (χ0) is 18.0. The van der Waals surface area contributed by atoms with Crippen LogP contribution in [0.15, 0.2) is 53.6 Å². The Hall–Kier alpha value is -2.51. The average Bonchev–Trinajstić information content (AvgIpc) is 2.63. The average molecular weight is 380 g/mol. The second-order valence-electron chi connectivity index (χ2n) is 5.00. The van der Waals surface area contributed by atoms with Crippen molar-refractivity contribution in [1.29, 1.82) is 0 Å². The molecule has 1 aromatic heterocycles. The molecule has 0 aliphatic carbocycles. The van der Waals surface area contributed by atoms with E-state index in [-0.39, 0.29) is 16.4 Å². The molecule has 3 aromatic rings. The molecule has 2 aromatic carbocycles. The number of hydrogen-bond acceptors (Lipinski definition) is 6. The van der Waals surface area contributed by atoms with Crippen LogP contribution in [0.1, 0.15) is 0 Å². The number of rotatable bonds is 5. The van der Waals surface area contributed by atoms with Crippen LogP contribution in [0.4, 0.5) is 0 Å². The molecule has 0 N–H and O–H groups in total. The van der Waals surface area contributed by atoms with E-state index in [1.54, 1.807) is 24.3 Å². The molecule has 0 saturated carbocycles. The number of aromatic nitrogens is 1. The second kappa shape index (κ2) is 6.78. The Kier molecular flexibility index (Phi) is 4.69. The minimum Gasteiger partial charge on any atom is -0.497 e. The van der Waals surface area contributed by atoms with Crippen LogP contribution in [0, 0.1) is 0 Å². The molecule has 0 fully saturated rings. The van der Waals surface area contributed by atoms with Crippen molar-refractivity contribution in [3.05, 3.63) is 53.7 Å². The highest BCUT2D eigenvalue weighted by Crippen LogP contribution is 2.34. The third-order valence-electron chi connectivity index (χ3n) is 3.52. The van der Waals surface area contributed by atoms with Crippen molar-refractivity contribution in [2.24, 2.45) is 0 Å². The van der Waals surface area contributed by atoms with Crippen molar-refractivity contribution >= 4 is 32.6 Å². The summed E-state index contributed by atoms with van der Waals surface area (Å²) in [6.07, 6.45) is 1.53. The van der Waals surface area contributed by atoms with E-state index in [1.165, 1.54) is 38.6 Å². The molecule has 1 heterocycles. The molecule has 0 aliphatic heterocycles. The first-order valence-corrected chi connectivity index (χ1v) is 8.94. The van der Waals surface area contributed by atoms with Crippen molar-refractivity contribution in [2.45, 2.75) is 4.90 Å². The first-order chi connectivity index (χ1) is 12.0. The lowest BCUT2D eigenvalue weighted by atomic mass is 10.2. The van der Waals surface area contributed by atoms with Gasteiger partial charge in [-0.1, -0.05) is 11.6 Å². The standard InChI is InChI=1S/C17H14ClNO5S/c1-22-11-5-7-14(23-2)16(10-11)25(20,21)24-15-8-6-13(18)12-4-3-9-19-17(12)15/h3-10H,1-2H3. The predicted octanol–water partition coefficient (Wildman–Crippen LogP) is 3.67. The summed E-state index contributed by atoms with van der Waals surface area (Å²) >= 11 is 6.12. The topological polar surface area (TPSA) is 74.7 Å². The van der Waals surface area contributed by atoms with Gasteiger partial charge in [-0.2, -0.15) is 8.42 Å². The Balaban J connectivity index is 2.11. The molecule has 3 rings (SSSR count). The van der Waals surface area contributed by atoms with Crippen LogP contribution >= 0.6 is 11.6 Å². The smallest absolute Gasteiger partial charge is 0.343 e. The Labute approximate surface area is 150 Å². The highest BCUT2D eigenvalue weighted by Gasteiger charge is 2.24. The Morgan fingerprint density at radius 3 is 2.48 bits per heavy atom. The monoisotopic (exact) mass is 379 g/mol. The van der Waals surface area contributed by atoms with Gasteiger partial charge in [-0.3, -0.25) is 4.98 Å². The molecule has 130 valence electrons. The van der Waals surface area contributed by atoms with Gasteiger partial charge in [0.05, 0.1) is 19.2 Å². The molecule has 0 atom stereocenters. The van der Waals surface area contributed by atoms with E-state index < -0.39 is 10.1 Å². The maximum absolute atomic E-state index is 12.8. The van der Waals surface area contributed by atoms with E-state index in [0.717, 1.165) is 0 Å². The fourth-order valence-electron chi connectivity index (χ4n) is 2.32. The molecule has 0 bridgehead atoms. The molecule has 0 amide bonds. The maximum Gasteiger partial charge on any atom is 0.343 e. The Bertz CT molecular complexity index is 1040. The second-order valence-corrected chi connectivity index (χ2v) is 6.92. The summed E-state index contributed by atoms with van der Waals surface area (Å²) in [6.45, 7) is 0. The van der Waals surface area contributed by atoms with E-state index in [9.17, 15) is 8.42 Å². The quantitative estimate of drug-likeness (QED) is 0.629. The van der Waals surface area contributed by atoms with E-state index >= 15 is 0 Å². The molecule has 0 saturated heterocycles. The van der Waals surface area contributed by atoms with Gasteiger partial charge >= 0.3 is 10.1 Å². The molecule has 0 radical (unpaired) electrons. The lowest BCUT2D eigenvalue weighted by Gasteiger charge is -2.13. The van der Waals surface area contributed by atoms with E-state index in [0.29, 0.717) is 21.7 Å². The summed E-state index contributed by atoms with van der Waals surface area (Å²) in [5.41, 5.74) is 0.348. The number of hydrogen-bond donors (Lipinski definition) is 0. The molecule has 0 unspecified atom stereocenters.